The minimum atomic E-state index is -0.340. The van der Waals surface area contributed by atoms with Gasteiger partial charge >= 0.3 is 0 Å². The summed E-state index contributed by atoms with van der Waals surface area (Å²) < 4.78 is 18.0. The van der Waals surface area contributed by atoms with E-state index in [-0.39, 0.29) is 36.2 Å². The van der Waals surface area contributed by atoms with Crippen molar-refractivity contribution in [2.24, 2.45) is 0 Å². The van der Waals surface area contributed by atoms with Gasteiger partial charge in [-0.3, -0.25) is 4.79 Å². The van der Waals surface area contributed by atoms with E-state index in [9.17, 15) is 9.18 Å². The van der Waals surface area contributed by atoms with E-state index in [1.54, 1.807) is 19.2 Å². The number of ether oxygens (including phenoxy) is 1. The smallest absolute Gasteiger partial charge is 0.234 e. The van der Waals surface area contributed by atoms with Crippen molar-refractivity contribution < 1.29 is 13.9 Å². The molecule has 1 fully saturated rings. The molecule has 0 aliphatic heterocycles. The molecule has 124 valence electrons. The third kappa shape index (κ3) is 4.93. The van der Waals surface area contributed by atoms with Crippen molar-refractivity contribution in [3.8, 4) is 0 Å². The van der Waals surface area contributed by atoms with Crippen LogP contribution in [0.3, 0.4) is 0 Å². The number of nitrogens with one attached hydrogen (secondary N) is 2. The average molecular weight is 331 g/mol. The highest BCUT2D eigenvalue weighted by Crippen LogP contribution is 2.38. The van der Waals surface area contributed by atoms with Gasteiger partial charge in [0.15, 0.2) is 0 Å². The lowest BCUT2D eigenvalue weighted by Gasteiger charge is -2.31. The molecule has 1 aromatic carbocycles. The van der Waals surface area contributed by atoms with E-state index in [1.807, 2.05) is 0 Å². The molecule has 22 heavy (non-hydrogen) atoms. The quantitative estimate of drug-likeness (QED) is 0.755. The molecule has 1 aromatic rings. The zero-order valence-corrected chi connectivity index (χ0v) is 13.7. The molecule has 0 radical (unpaired) electrons. The van der Waals surface area contributed by atoms with Gasteiger partial charge in [-0.25, -0.2) is 4.39 Å². The molecule has 1 aliphatic carbocycles. The molecule has 1 saturated carbocycles. The second-order valence-corrected chi connectivity index (χ2v) is 5.51. The van der Waals surface area contributed by atoms with Crippen molar-refractivity contribution in [3.05, 3.63) is 35.6 Å². The number of halogens is 2. The SMILES string of the molecule is COCCNCC(=O)NC1(c2ccc(F)cc2)CCCC1.Cl. The summed E-state index contributed by atoms with van der Waals surface area (Å²) in [5, 5.41) is 6.18. The van der Waals surface area contributed by atoms with E-state index < -0.39 is 0 Å². The third-order valence-corrected chi connectivity index (χ3v) is 4.00. The first-order valence-electron chi connectivity index (χ1n) is 7.43. The molecule has 2 rings (SSSR count). The van der Waals surface area contributed by atoms with E-state index in [0.29, 0.717) is 13.2 Å². The lowest BCUT2D eigenvalue weighted by molar-refractivity contribution is -0.122. The Morgan fingerprint density at radius 2 is 1.91 bits per heavy atom. The summed E-state index contributed by atoms with van der Waals surface area (Å²) in [6, 6.07) is 6.47. The van der Waals surface area contributed by atoms with Crippen molar-refractivity contribution in [2.45, 2.75) is 31.2 Å². The Kier molecular flexibility index (Phi) is 7.79. The van der Waals surface area contributed by atoms with Crippen LogP contribution >= 0.6 is 12.4 Å². The van der Waals surface area contributed by atoms with E-state index in [2.05, 4.69) is 10.6 Å². The van der Waals surface area contributed by atoms with Crippen LogP contribution in [-0.4, -0.2) is 32.7 Å². The van der Waals surface area contributed by atoms with Gasteiger partial charge in [0, 0.05) is 13.7 Å². The monoisotopic (exact) mass is 330 g/mol. The van der Waals surface area contributed by atoms with Crippen molar-refractivity contribution in [1.29, 1.82) is 0 Å². The predicted octanol–water partition coefficient (Wildman–Crippen LogP) is 2.37. The second kappa shape index (κ2) is 9.08. The standard InChI is InChI=1S/C16H23FN2O2.ClH/c1-21-11-10-18-12-15(20)19-16(8-2-3-9-16)13-4-6-14(17)7-5-13;/h4-7,18H,2-3,8-12H2,1H3,(H,19,20);1H. The van der Waals surface area contributed by atoms with Gasteiger partial charge < -0.3 is 15.4 Å². The number of hydrogen-bond donors (Lipinski definition) is 2. The van der Waals surface area contributed by atoms with Crippen molar-refractivity contribution in [3.63, 3.8) is 0 Å². The van der Waals surface area contributed by atoms with Crippen LogP contribution in [0.15, 0.2) is 24.3 Å². The van der Waals surface area contributed by atoms with Gasteiger partial charge in [0.05, 0.1) is 18.7 Å². The molecule has 0 bridgehead atoms. The molecule has 0 aromatic heterocycles. The lowest BCUT2D eigenvalue weighted by atomic mass is 9.88. The molecule has 0 saturated heterocycles. The first-order chi connectivity index (χ1) is 10.2. The van der Waals surface area contributed by atoms with Crippen molar-refractivity contribution in [1.82, 2.24) is 10.6 Å². The molecule has 0 heterocycles. The van der Waals surface area contributed by atoms with Gasteiger partial charge in [-0.2, -0.15) is 0 Å². The van der Waals surface area contributed by atoms with Crippen LogP contribution in [0.2, 0.25) is 0 Å². The highest BCUT2D eigenvalue weighted by atomic mass is 35.5. The summed E-state index contributed by atoms with van der Waals surface area (Å²) in [6.07, 6.45) is 3.97. The molecular weight excluding hydrogens is 307 g/mol. The molecule has 6 heteroatoms. The van der Waals surface area contributed by atoms with Crippen LogP contribution in [0.4, 0.5) is 4.39 Å². The number of hydrogen-bond acceptors (Lipinski definition) is 3. The van der Waals surface area contributed by atoms with E-state index in [1.165, 1.54) is 12.1 Å². The lowest BCUT2D eigenvalue weighted by Crippen LogP contribution is -2.47. The Bertz CT molecular complexity index is 462. The topological polar surface area (TPSA) is 50.4 Å². The second-order valence-electron chi connectivity index (χ2n) is 5.51. The maximum absolute atomic E-state index is 13.1. The molecule has 0 spiro atoms. The van der Waals surface area contributed by atoms with Gasteiger partial charge in [-0.1, -0.05) is 25.0 Å². The summed E-state index contributed by atoms with van der Waals surface area (Å²) in [5.41, 5.74) is 0.653. The summed E-state index contributed by atoms with van der Waals surface area (Å²) in [6.45, 7) is 1.50. The van der Waals surface area contributed by atoms with Crippen molar-refractivity contribution in [2.75, 3.05) is 26.8 Å². The first kappa shape index (κ1) is 18.9. The average Bonchev–Trinajstić information content (AvgIpc) is 2.94. The molecule has 0 unspecified atom stereocenters. The number of rotatable bonds is 7. The van der Waals surface area contributed by atoms with Gasteiger partial charge in [0.25, 0.3) is 0 Å². The Balaban J connectivity index is 0.00000242. The summed E-state index contributed by atoms with van der Waals surface area (Å²) >= 11 is 0. The van der Waals surface area contributed by atoms with Gasteiger partial charge in [-0.15, -0.1) is 12.4 Å². The van der Waals surface area contributed by atoms with Gasteiger partial charge in [-0.05, 0) is 30.5 Å². The largest absolute Gasteiger partial charge is 0.383 e. The fourth-order valence-electron chi connectivity index (χ4n) is 2.92. The van der Waals surface area contributed by atoms with Crippen LogP contribution in [0.1, 0.15) is 31.2 Å². The minimum Gasteiger partial charge on any atom is -0.383 e. The molecular formula is C16H24ClFN2O2. The van der Waals surface area contributed by atoms with Crippen LogP contribution in [0, 0.1) is 5.82 Å². The summed E-state index contributed by atoms with van der Waals surface area (Å²) in [4.78, 5) is 12.1. The minimum absolute atomic E-state index is 0. The number of methoxy groups -OCH3 is 1. The fourth-order valence-corrected chi connectivity index (χ4v) is 2.92. The Morgan fingerprint density at radius 1 is 1.27 bits per heavy atom. The van der Waals surface area contributed by atoms with E-state index in [4.69, 9.17) is 4.74 Å². The summed E-state index contributed by atoms with van der Waals surface area (Å²) in [5.74, 6) is -0.281. The molecule has 1 aliphatic rings. The maximum Gasteiger partial charge on any atom is 0.234 e. The van der Waals surface area contributed by atoms with Crippen LogP contribution in [0.25, 0.3) is 0 Å². The van der Waals surface area contributed by atoms with Crippen LogP contribution < -0.4 is 10.6 Å². The number of amides is 1. The van der Waals surface area contributed by atoms with Crippen LogP contribution in [0.5, 0.6) is 0 Å². The predicted molar refractivity (Wildman–Crippen MR) is 86.7 cm³/mol. The van der Waals surface area contributed by atoms with E-state index in [0.717, 1.165) is 31.2 Å². The van der Waals surface area contributed by atoms with Crippen LogP contribution in [-0.2, 0) is 15.1 Å². The number of carbonyl (C=O) groups excluding carboxylic acids is 1. The Morgan fingerprint density at radius 3 is 2.50 bits per heavy atom. The fraction of sp³-hybridized carbons (Fsp3) is 0.562. The van der Waals surface area contributed by atoms with Gasteiger partial charge in [0.2, 0.25) is 5.91 Å². The Labute approximate surface area is 137 Å². The highest BCUT2D eigenvalue weighted by molar-refractivity contribution is 5.85. The molecule has 1 amide bonds. The zero-order chi connectivity index (χ0) is 15.1. The maximum atomic E-state index is 13.1. The molecule has 2 N–H and O–H groups in total. The third-order valence-electron chi connectivity index (χ3n) is 4.00. The van der Waals surface area contributed by atoms with Crippen molar-refractivity contribution >= 4 is 18.3 Å². The molecule has 4 nitrogen and oxygen atoms in total. The number of benzene rings is 1. The highest BCUT2D eigenvalue weighted by Gasteiger charge is 2.36. The number of carbonyl (C=O) groups is 1. The zero-order valence-electron chi connectivity index (χ0n) is 12.9. The normalized spacial score (nSPS) is 16.1. The molecule has 0 atom stereocenters. The summed E-state index contributed by atoms with van der Waals surface area (Å²) in [7, 11) is 1.63. The van der Waals surface area contributed by atoms with Gasteiger partial charge in [0.1, 0.15) is 5.82 Å². The Hall–Kier alpha value is -1.17. The van der Waals surface area contributed by atoms with E-state index >= 15 is 0 Å². The first-order valence-corrected chi connectivity index (χ1v) is 7.43.